The van der Waals surface area contributed by atoms with Crippen molar-refractivity contribution in [1.82, 2.24) is 9.97 Å². The molecular formula is C10H6IN3O3. The lowest BCUT2D eigenvalue weighted by atomic mass is 10.3. The van der Waals surface area contributed by atoms with Crippen LogP contribution in [-0.2, 0) is 0 Å². The molecule has 7 heteroatoms. The molecule has 0 aliphatic carbocycles. The maximum absolute atomic E-state index is 10.6. The van der Waals surface area contributed by atoms with Gasteiger partial charge in [0.2, 0.25) is 5.88 Å². The Hall–Kier alpha value is -1.77. The summed E-state index contributed by atoms with van der Waals surface area (Å²) in [7, 11) is 0. The second kappa shape index (κ2) is 5.04. The normalized spacial score (nSPS) is 9.94. The van der Waals surface area contributed by atoms with Crippen molar-refractivity contribution < 1.29 is 9.66 Å². The van der Waals surface area contributed by atoms with Gasteiger partial charge in [0.1, 0.15) is 5.75 Å². The van der Waals surface area contributed by atoms with Gasteiger partial charge in [-0.1, -0.05) is 6.07 Å². The highest BCUT2D eigenvalue weighted by molar-refractivity contribution is 14.1. The van der Waals surface area contributed by atoms with Crippen molar-refractivity contribution in [3.8, 4) is 11.6 Å². The Labute approximate surface area is 110 Å². The third-order valence-corrected chi connectivity index (χ3v) is 2.37. The molecule has 1 heterocycles. The van der Waals surface area contributed by atoms with Gasteiger partial charge in [-0.25, -0.2) is 4.98 Å². The fourth-order valence-electron chi connectivity index (χ4n) is 1.16. The van der Waals surface area contributed by atoms with Crippen LogP contribution in [0.2, 0.25) is 0 Å². The van der Waals surface area contributed by atoms with Crippen molar-refractivity contribution in [2.24, 2.45) is 0 Å². The Bertz CT molecular complexity index is 562. The van der Waals surface area contributed by atoms with Gasteiger partial charge in [-0.05, 0) is 6.07 Å². The molecule has 6 nitrogen and oxygen atoms in total. The first-order valence-electron chi connectivity index (χ1n) is 4.56. The second-order valence-corrected chi connectivity index (χ2v) is 3.99. The number of hydrogen-bond acceptors (Lipinski definition) is 5. The number of nitro benzene ring substituents is 1. The predicted molar refractivity (Wildman–Crippen MR) is 67.9 cm³/mol. The van der Waals surface area contributed by atoms with Crippen LogP contribution in [0, 0.1) is 13.9 Å². The van der Waals surface area contributed by atoms with Gasteiger partial charge in [-0.3, -0.25) is 10.1 Å². The largest absolute Gasteiger partial charge is 0.439 e. The third-order valence-electron chi connectivity index (χ3n) is 1.85. The molecule has 0 aliphatic rings. The summed E-state index contributed by atoms with van der Waals surface area (Å²) in [6.45, 7) is 0. The predicted octanol–water partition coefficient (Wildman–Crippen LogP) is 2.78. The Morgan fingerprint density at radius 3 is 2.88 bits per heavy atom. The molecule has 17 heavy (non-hydrogen) atoms. The summed E-state index contributed by atoms with van der Waals surface area (Å²) < 4.78 is 5.94. The highest BCUT2D eigenvalue weighted by atomic mass is 127. The maximum atomic E-state index is 10.6. The number of non-ortho nitro benzene ring substituents is 1. The molecule has 0 atom stereocenters. The van der Waals surface area contributed by atoms with Gasteiger partial charge in [-0.2, -0.15) is 4.98 Å². The zero-order chi connectivity index (χ0) is 12.3. The van der Waals surface area contributed by atoms with E-state index in [4.69, 9.17) is 4.74 Å². The van der Waals surface area contributed by atoms with Crippen LogP contribution in [0.5, 0.6) is 11.6 Å². The minimum absolute atomic E-state index is 0.0220. The van der Waals surface area contributed by atoms with Gasteiger partial charge in [0.15, 0.2) is 3.83 Å². The summed E-state index contributed by atoms with van der Waals surface area (Å²) in [4.78, 5) is 18.0. The van der Waals surface area contributed by atoms with E-state index in [1.807, 2.05) is 22.6 Å². The minimum Gasteiger partial charge on any atom is -0.439 e. The first-order valence-corrected chi connectivity index (χ1v) is 5.64. The Morgan fingerprint density at radius 2 is 2.18 bits per heavy atom. The number of nitro groups is 1. The minimum atomic E-state index is -0.476. The molecule has 0 N–H and O–H groups in total. The summed E-state index contributed by atoms with van der Waals surface area (Å²) in [5.41, 5.74) is -0.0220. The molecule has 0 radical (unpaired) electrons. The van der Waals surface area contributed by atoms with Gasteiger partial charge >= 0.3 is 0 Å². The van der Waals surface area contributed by atoms with Crippen LogP contribution in [0.1, 0.15) is 0 Å². The molecule has 1 aromatic heterocycles. The molecule has 2 rings (SSSR count). The smallest absolute Gasteiger partial charge is 0.273 e. The highest BCUT2D eigenvalue weighted by Crippen LogP contribution is 2.23. The highest BCUT2D eigenvalue weighted by Gasteiger charge is 2.07. The van der Waals surface area contributed by atoms with E-state index in [1.54, 1.807) is 24.4 Å². The van der Waals surface area contributed by atoms with E-state index < -0.39 is 4.92 Å². The topological polar surface area (TPSA) is 78.2 Å². The molecule has 0 aliphatic heterocycles. The van der Waals surface area contributed by atoms with Crippen molar-refractivity contribution in [1.29, 1.82) is 0 Å². The Balaban J connectivity index is 2.24. The SMILES string of the molecule is O=[N+]([O-])c1cccc(Oc2ccnc(I)n2)c1. The summed E-state index contributed by atoms with van der Waals surface area (Å²) >= 11 is 1.96. The van der Waals surface area contributed by atoms with Crippen LogP contribution < -0.4 is 4.74 Å². The van der Waals surface area contributed by atoms with Gasteiger partial charge in [0.25, 0.3) is 5.69 Å². The van der Waals surface area contributed by atoms with Crippen LogP contribution in [0.15, 0.2) is 36.5 Å². The number of hydrogen-bond donors (Lipinski definition) is 0. The average molecular weight is 343 g/mol. The Kier molecular flexibility index (Phi) is 3.47. The molecule has 0 amide bonds. The molecule has 0 unspecified atom stereocenters. The molecule has 0 bridgehead atoms. The quantitative estimate of drug-likeness (QED) is 0.371. The molecule has 0 saturated carbocycles. The lowest BCUT2D eigenvalue weighted by Crippen LogP contribution is -1.93. The number of ether oxygens (including phenoxy) is 1. The zero-order valence-corrected chi connectivity index (χ0v) is 10.6. The van der Waals surface area contributed by atoms with E-state index in [0.29, 0.717) is 15.5 Å². The van der Waals surface area contributed by atoms with E-state index in [2.05, 4.69) is 9.97 Å². The molecule has 0 fully saturated rings. The lowest BCUT2D eigenvalue weighted by molar-refractivity contribution is -0.384. The summed E-state index contributed by atoms with van der Waals surface area (Å²) in [5, 5.41) is 10.6. The maximum Gasteiger partial charge on any atom is 0.273 e. The first kappa shape index (κ1) is 11.7. The lowest BCUT2D eigenvalue weighted by Gasteiger charge is -2.03. The van der Waals surface area contributed by atoms with Crippen LogP contribution in [0.3, 0.4) is 0 Å². The first-order chi connectivity index (χ1) is 8.15. The van der Waals surface area contributed by atoms with Crippen molar-refractivity contribution in [3.63, 3.8) is 0 Å². The molecular weight excluding hydrogens is 337 g/mol. The number of benzene rings is 1. The fraction of sp³-hybridized carbons (Fsp3) is 0. The number of halogens is 1. The van der Waals surface area contributed by atoms with E-state index in [0.717, 1.165) is 0 Å². The molecule has 0 saturated heterocycles. The van der Waals surface area contributed by atoms with Crippen molar-refractivity contribution in [3.05, 3.63) is 50.5 Å². The van der Waals surface area contributed by atoms with E-state index in [-0.39, 0.29) is 5.69 Å². The second-order valence-electron chi connectivity index (χ2n) is 3.02. The van der Waals surface area contributed by atoms with Crippen molar-refractivity contribution in [2.75, 3.05) is 0 Å². The Morgan fingerprint density at radius 1 is 1.35 bits per heavy atom. The van der Waals surface area contributed by atoms with Crippen LogP contribution >= 0.6 is 22.6 Å². The van der Waals surface area contributed by atoms with Gasteiger partial charge in [0.05, 0.1) is 11.0 Å². The van der Waals surface area contributed by atoms with Crippen molar-refractivity contribution in [2.45, 2.75) is 0 Å². The number of nitrogens with zero attached hydrogens (tertiary/aromatic N) is 3. The summed E-state index contributed by atoms with van der Waals surface area (Å²) in [6.07, 6.45) is 1.56. The van der Waals surface area contributed by atoms with E-state index in [1.165, 1.54) is 12.1 Å². The standard InChI is InChI=1S/C10H6IN3O3/c11-10-12-5-4-9(13-10)17-8-3-1-2-7(6-8)14(15)16/h1-6H. The molecule has 1 aromatic carbocycles. The van der Waals surface area contributed by atoms with Crippen molar-refractivity contribution >= 4 is 28.3 Å². The van der Waals surface area contributed by atoms with Gasteiger partial charge < -0.3 is 4.74 Å². The molecule has 86 valence electrons. The van der Waals surface area contributed by atoms with Gasteiger partial charge in [-0.15, -0.1) is 0 Å². The summed E-state index contributed by atoms with van der Waals surface area (Å²) in [5.74, 6) is 0.721. The molecule has 0 spiro atoms. The number of rotatable bonds is 3. The zero-order valence-electron chi connectivity index (χ0n) is 8.41. The van der Waals surface area contributed by atoms with Gasteiger partial charge in [0, 0.05) is 40.9 Å². The fourth-order valence-corrected chi connectivity index (χ4v) is 1.56. The van der Waals surface area contributed by atoms with E-state index in [9.17, 15) is 10.1 Å². The number of aromatic nitrogens is 2. The van der Waals surface area contributed by atoms with Crippen LogP contribution in [-0.4, -0.2) is 14.9 Å². The monoisotopic (exact) mass is 343 g/mol. The van der Waals surface area contributed by atoms with Crippen LogP contribution in [0.25, 0.3) is 0 Å². The van der Waals surface area contributed by atoms with E-state index >= 15 is 0 Å². The summed E-state index contributed by atoms with van der Waals surface area (Å²) in [6, 6.07) is 7.51. The average Bonchev–Trinajstić information content (AvgIpc) is 2.29. The third kappa shape index (κ3) is 3.09. The molecule has 2 aromatic rings. The van der Waals surface area contributed by atoms with Crippen LogP contribution in [0.4, 0.5) is 5.69 Å².